The van der Waals surface area contributed by atoms with Gasteiger partial charge in [-0.25, -0.2) is 15.0 Å². The number of hydrogen-bond acceptors (Lipinski definition) is 7. The molecule has 2 N–H and O–H groups in total. The fourth-order valence-electron chi connectivity index (χ4n) is 2.63. The molecule has 1 aromatic carbocycles. The van der Waals surface area contributed by atoms with Crippen LogP contribution in [0.2, 0.25) is 0 Å². The third kappa shape index (κ3) is 3.09. The van der Waals surface area contributed by atoms with E-state index in [2.05, 4.69) is 20.3 Å². The standard InChI is InChI=1S/C17H14N4O3S/c22-12-8-24-13-5-2-1-4-10(13)14(12)21-16(23)11-9-25-17(20-11)15-18-6-3-7-19-15/h1-7,9,12,14,22H,8H2,(H,21,23)/t12-,14+/m1/s1. The van der Waals surface area contributed by atoms with E-state index in [1.807, 2.05) is 24.3 Å². The average molecular weight is 354 g/mol. The Bertz CT molecular complexity index is 900. The number of benzene rings is 1. The van der Waals surface area contributed by atoms with Crippen LogP contribution in [-0.2, 0) is 0 Å². The molecule has 2 aromatic heterocycles. The summed E-state index contributed by atoms with van der Waals surface area (Å²) < 4.78 is 5.48. The number of para-hydroxylation sites is 1. The van der Waals surface area contributed by atoms with Crippen LogP contribution in [0.15, 0.2) is 48.1 Å². The zero-order valence-electron chi connectivity index (χ0n) is 13.0. The molecule has 2 atom stereocenters. The van der Waals surface area contributed by atoms with Crippen molar-refractivity contribution in [1.29, 1.82) is 0 Å². The number of nitrogens with zero attached hydrogens (tertiary/aromatic N) is 3. The van der Waals surface area contributed by atoms with Crippen molar-refractivity contribution >= 4 is 17.2 Å². The lowest BCUT2D eigenvalue weighted by Crippen LogP contribution is -2.42. The number of ether oxygens (including phenoxy) is 1. The van der Waals surface area contributed by atoms with Gasteiger partial charge in [-0.3, -0.25) is 4.79 Å². The van der Waals surface area contributed by atoms with Crippen LogP contribution in [0.1, 0.15) is 22.1 Å². The normalized spacial score (nSPS) is 18.9. The maximum absolute atomic E-state index is 12.6. The second-order valence-electron chi connectivity index (χ2n) is 5.48. The molecule has 3 aromatic rings. The molecule has 0 saturated carbocycles. The predicted octanol–water partition coefficient (Wildman–Crippen LogP) is 1.82. The van der Waals surface area contributed by atoms with Gasteiger partial charge >= 0.3 is 0 Å². The van der Waals surface area contributed by atoms with Gasteiger partial charge in [0.1, 0.15) is 24.2 Å². The predicted molar refractivity (Wildman–Crippen MR) is 91.3 cm³/mol. The topological polar surface area (TPSA) is 97.2 Å². The Balaban J connectivity index is 1.56. The molecule has 0 aliphatic carbocycles. The van der Waals surface area contributed by atoms with Crippen molar-refractivity contribution < 1.29 is 14.6 Å². The molecule has 8 heteroatoms. The van der Waals surface area contributed by atoms with Crippen LogP contribution in [0, 0.1) is 0 Å². The number of rotatable bonds is 3. The molecule has 0 fully saturated rings. The molecule has 0 radical (unpaired) electrons. The van der Waals surface area contributed by atoms with Crippen molar-refractivity contribution in [2.75, 3.05) is 6.61 Å². The van der Waals surface area contributed by atoms with Gasteiger partial charge in [0.25, 0.3) is 5.91 Å². The summed E-state index contributed by atoms with van der Waals surface area (Å²) >= 11 is 1.30. The van der Waals surface area contributed by atoms with Crippen LogP contribution in [0.25, 0.3) is 10.8 Å². The van der Waals surface area contributed by atoms with E-state index in [1.165, 1.54) is 11.3 Å². The molecule has 0 saturated heterocycles. The molecule has 1 aliphatic heterocycles. The average Bonchev–Trinajstić information content (AvgIpc) is 3.15. The first-order valence-corrected chi connectivity index (χ1v) is 8.54. The molecule has 1 amide bonds. The van der Waals surface area contributed by atoms with E-state index >= 15 is 0 Å². The van der Waals surface area contributed by atoms with E-state index in [4.69, 9.17) is 4.74 Å². The summed E-state index contributed by atoms with van der Waals surface area (Å²) in [6, 6.07) is 8.50. The molecule has 0 bridgehead atoms. The molecule has 1 aliphatic rings. The van der Waals surface area contributed by atoms with E-state index in [0.717, 1.165) is 5.56 Å². The maximum atomic E-state index is 12.6. The molecule has 0 spiro atoms. The SMILES string of the molecule is O=C(N[C@H]1c2ccccc2OC[C@H]1O)c1csc(-c2ncccn2)n1. The zero-order chi connectivity index (χ0) is 17.2. The highest BCUT2D eigenvalue weighted by atomic mass is 32.1. The summed E-state index contributed by atoms with van der Waals surface area (Å²) in [6.07, 6.45) is 2.42. The quantitative estimate of drug-likeness (QED) is 0.745. The van der Waals surface area contributed by atoms with Crippen molar-refractivity contribution in [1.82, 2.24) is 20.3 Å². The number of aliphatic hydroxyl groups excluding tert-OH is 1. The minimum Gasteiger partial charge on any atom is -0.490 e. The van der Waals surface area contributed by atoms with E-state index in [1.54, 1.807) is 23.8 Å². The van der Waals surface area contributed by atoms with E-state index in [9.17, 15) is 9.90 Å². The van der Waals surface area contributed by atoms with Gasteiger partial charge in [0, 0.05) is 23.3 Å². The second-order valence-corrected chi connectivity index (χ2v) is 6.34. The minimum atomic E-state index is -0.825. The Hall–Kier alpha value is -2.84. The second kappa shape index (κ2) is 6.58. The Morgan fingerprint density at radius 2 is 2.04 bits per heavy atom. The molecule has 3 heterocycles. The van der Waals surface area contributed by atoms with Gasteiger partial charge in [-0.05, 0) is 12.1 Å². The Morgan fingerprint density at radius 1 is 1.24 bits per heavy atom. The third-order valence-corrected chi connectivity index (χ3v) is 4.67. The molecule has 4 rings (SSSR count). The van der Waals surface area contributed by atoms with Crippen molar-refractivity contribution in [2.45, 2.75) is 12.1 Å². The van der Waals surface area contributed by atoms with Crippen LogP contribution in [0.5, 0.6) is 5.75 Å². The first-order valence-electron chi connectivity index (χ1n) is 7.66. The third-order valence-electron chi connectivity index (χ3n) is 3.83. The van der Waals surface area contributed by atoms with Crippen LogP contribution in [0.4, 0.5) is 0 Å². The van der Waals surface area contributed by atoms with Crippen LogP contribution in [-0.4, -0.2) is 38.7 Å². The number of aliphatic hydroxyl groups is 1. The summed E-state index contributed by atoms with van der Waals surface area (Å²) in [5.41, 5.74) is 1.01. The number of hydrogen-bond donors (Lipinski definition) is 2. The van der Waals surface area contributed by atoms with Crippen molar-refractivity contribution in [3.8, 4) is 16.6 Å². The van der Waals surface area contributed by atoms with E-state index in [-0.39, 0.29) is 18.2 Å². The van der Waals surface area contributed by atoms with Gasteiger partial charge in [0.2, 0.25) is 0 Å². The zero-order valence-corrected chi connectivity index (χ0v) is 13.8. The van der Waals surface area contributed by atoms with Crippen LogP contribution >= 0.6 is 11.3 Å². The maximum Gasteiger partial charge on any atom is 0.271 e. The largest absolute Gasteiger partial charge is 0.490 e. The van der Waals surface area contributed by atoms with E-state index < -0.39 is 12.1 Å². The molecule has 7 nitrogen and oxygen atoms in total. The summed E-state index contributed by atoms with van der Waals surface area (Å²) in [5, 5.41) is 15.3. The molecular formula is C17H14N4O3S. The number of carbonyl (C=O) groups is 1. The molecule has 0 unspecified atom stereocenters. The highest BCUT2D eigenvalue weighted by molar-refractivity contribution is 7.13. The molecule has 126 valence electrons. The van der Waals surface area contributed by atoms with Crippen molar-refractivity contribution in [2.24, 2.45) is 0 Å². The summed E-state index contributed by atoms with van der Waals surface area (Å²) in [5.74, 6) is 0.775. The van der Waals surface area contributed by atoms with Gasteiger partial charge in [0.15, 0.2) is 10.8 Å². The minimum absolute atomic E-state index is 0.127. The van der Waals surface area contributed by atoms with Gasteiger partial charge in [-0.15, -0.1) is 11.3 Å². The van der Waals surface area contributed by atoms with Crippen molar-refractivity contribution in [3.05, 3.63) is 59.4 Å². The van der Waals surface area contributed by atoms with Crippen molar-refractivity contribution in [3.63, 3.8) is 0 Å². The van der Waals surface area contributed by atoms with Gasteiger partial charge in [0.05, 0.1) is 6.04 Å². The molecular weight excluding hydrogens is 340 g/mol. The Morgan fingerprint density at radius 3 is 2.88 bits per heavy atom. The number of amides is 1. The fraction of sp³-hybridized carbons (Fsp3) is 0.176. The lowest BCUT2D eigenvalue weighted by atomic mass is 9.98. The summed E-state index contributed by atoms with van der Waals surface area (Å²) in [4.78, 5) is 25.1. The van der Waals surface area contributed by atoms with E-state index in [0.29, 0.717) is 16.6 Å². The van der Waals surface area contributed by atoms with Gasteiger partial charge < -0.3 is 15.2 Å². The lowest BCUT2D eigenvalue weighted by Gasteiger charge is -2.30. The Labute approximate surface area is 147 Å². The summed E-state index contributed by atoms with van der Waals surface area (Å²) in [7, 11) is 0. The first kappa shape index (κ1) is 15.7. The number of nitrogens with one attached hydrogen (secondary N) is 1. The summed E-state index contributed by atoms with van der Waals surface area (Å²) in [6.45, 7) is 0.127. The highest BCUT2D eigenvalue weighted by Gasteiger charge is 2.31. The smallest absolute Gasteiger partial charge is 0.271 e. The fourth-order valence-corrected chi connectivity index (χ4v) is 3.37. The van der Waals surface area contributed by atoms with Gasteiger partial charge in [-0.1, -0.05) is 18.2 Å². The van der Waals surface area contributed by atoms with Crippen LogP contribution < -0.4 is 10.1 Å². The monoisotopic (exact) mass is 354 g/mol. The highest BCUT2D eigenvalue weighted by Crippen LogP contribution is 2.32. The number of thiazole rings is 1. The lowest BCUT2D eigenvalue weighted by molar-refractivity contribution is 0.0500. The number of fused-ring (bicyclic) bond motifs is 1. The number of aromatic nitrogens is 3. The van der Waals surface area contributed by atoms with Gasteiger partial charge in [-0.2, -0.15) is 0 Å². The first-order chi connectivity index (χ1) is 12.2. The molecule has 25 heavy (non-hydrogen) atoms. The number of carbonyl (C=O) groups excluding carboxylic acids is 1. The Kier molecular flexibility index (Phi) is 4.12. The van der Waals surface area contributed by atoms with Crippen LogP contribution in [0.3, 0.4) is 0 Å².